The zero-order valence-corrected chi connectivity index (χ0v) is 30.4. The Morgan fingerprint density at radius 2 is 0.744 bits per heavy atom. The lowest BCUT2D eigenvalue weighted by molar-refractivity contribution is -0.727. The van der Waals surface area contributed by atoms with Crippen molar-refractivity contribution in [2.75, 3.05) is 0 Å². The summed E-state index contributed by atoms with van der Waals surface area (Å²) in [7, 11) is 0. The second kappa shape index (κ2) is 31.2. The quantitative estimate of drug-likeness (QED) is 0.0599. The Balaban J connectivity index is 2.26. The van der Waals surface area contributed by atoms with Crippen molar-refractivity contribution in [3.8, 4) is 0 Å². The lowest BCUT2D eigenvalue weighted by atomic mass is 9.93. The van der Waals surface area contributed by atoms with E-state index in [1.54, 1.807) is 0 Å². The minimum absolute atomic E-state index is 0.620. The third-order valence-electron chi connectivity index (χ3n) is 10.1. The predicted molar refractivity (Wildman–Crippen MR) is 193 cm³/mol. The Bertz CT molecular complexity index is 664. The zero-order chi connectivity index (χ0) is 31.1. The van der Waals surface area contributed by atoms with Gasteiger partial charge < -0.3 is 0 Å². The van der Waals surface area contributed by atoms with Gasteiger partial charge in [0.05, 0.1) is 12.0 Å². The number of nitrogens with zero attached hydrogens (tertiary/aromatic N) is 1. The SMILES string of the molecule is CCCCCCCCCCCCCCCCCCCC(CCCCCCC)c1[nH]cc[n+]1C(C)CCCCCCCCC. The van der Waals surface area contributed by atoms with E-state index in [-0.39, 0.29) is 0 Å². The van der Waals surface area contributed by atoms with Gasteiger partial charge in [-0.2, -0.15) is 0 Å². The highest BCUT2D eigenvalue weighted by Crippen LogP contribution is 2.27. The first-order valence-corrected chi connectivity index (χ1v) is 20.3. The molecule has 0 bridgehead atoms. The lowest BCUT2D eigenvalue weighted by Crippen LogP contribution is -2.41. The van der Waals surface area contributed by atoms with E-state index >= 15 is 0 Å². The molecule has 1 N–H and O–H groups in total. The summed E-state index contributed by atoms with van der Waals surface area (Å²) >= 11 is 0. The van der Waals surface area contributed by atoms with Crippen molar-refractivity contribution < 1.29 is 4.57 Å². The van der Waals surface area contributed by atoms with E-state index in [0.29, 0.717) is 12.0 Å². The van der Waals surface area contributed by atoms with Crippen molar-refractivity contribution in [3.05, 3.63) is 18.2 Å². The molecular weight excluding hydrogens is 520 g/mol. The average Bonchev–Trinajstić information content (AvgIpc) is 3.51. The number of hydrogen-bond acceptors (Lipinski definition) is 0. The molecule has 0 fully saturated rings. The van der Waals surface area contributed by atoms with E-state index < -0.39 is 0 Å². The maximum absolute atomic E-state index is 3.73. The van der Waals surface area contributed by atoms with Crippen LogP contribution in [0, 0.1) is 0 Å². The molecule has 2 heteroatoms. The van der Waals surface area contributed by atoms with E-state index in [1.807, 2.05) is 0 Å². The van der Waals surface area contributed by atoms with Crippen molar-refractivity contribution in [1.82, 2.24) is 4.98 Å². The minimum atomic E-state index is 0.620. The molecular formula is C41H81N2+. The molecule has 43 heavy (non-hydrogen) atoms. The number of unbranched alkanes of at least 4 members (excludes halogenated alkanes) is 26. The van der Waals surface area contributed by atoms with E-state index in [2.05, 4.69) is 49.6 Å². The molecule has 1 aromatic rings. The first-order valence-electron chi connectivity index (χ1n) is 20.3. The molecule has 2 nitrogen and oxygen atoms in total. The predicted octanol–water partition coefficient (Wildman–Crippen LogP) is 14.5. The molecule has 254 valence electrons. The standard InChI is InChI=1S/C41H80N2/c1-5-8-11-14-16-17-18-19-20-21-22-23-24-25-27-30-33-36-40(35-32-28-13-10-7-3)41-42-37-38-43(41)39(4)34-31-29-26-15-12-9-6-2/h37-40H,5-36H2,1-4H3/p+1. The Hall–Kier alpha value is -0.790. The number of aromatic nitrogens is 2. The molecule has 2 atom stereocenters. The normalized spacial score (nSPS) is 13.1. The topological polar surface area (TPSA) is 19.7 Å². The van der Waals surface area contributed by atoms with Gasteiger partial charge in [-0.05, 0) is 32.6 Å². The largest absolute Gasteiger partial charge is 0.257 e. The highest BCUT2D eigenvalue weighted by atomic mass is 15.1. The van der Waals surface area contributed by atoms with E-state index in [4.69, 9.17) is 0 Å². The molecule has 1 aromatic heterocycles. The van der Waals surface area contributed by atoms with Crippen LogP contribution in [0.2, 0.25) is 0 Å². The summed E-state index contributed by atoms with van der Waals surface area (Å²) < 4.78 is 2.63. The Kier molecular flexibility index (Phi) is 29.2. The van der Waals surface area contributed by atoms with E-state index in [1.165, 1.54) is 211 Å². The van der Waals surface area contributed by atoms with Crippen LogP contribution in [-0.4, -0.2) is 4.98 Å². The molecule has 0 saturated carbocycles. The molecule has 1 rings (SSSR count). The second-order valence-electron chi connectivity index (χ2n) is 14.4. The number of H-pyrrole nitrogens is 1. The highest BCUT2D eigenvalue weighted by molar-refractivity contribution is 4.90. The van der Waals surface area contributed by atoms with Crippen LogP contribution in [0.3, 0.4) is 0 Å². The van der Waals surface area contributed by atoms with Crippen LogP contribution in [0.15, 0.2) is 12.4 Å². The molecule has 0 aliphatic rings. The Morgan fingerprint density at radius 3 is 1.09 bits per heavy atom. The molecule has 0 aliphatic heterocycles. The molecule has 0 aromatic carbocycles. The minimum Gasteiger partial charge on any atom is -0.247 e. The van der Waals surface area contributed by atoms with Gasteiger partial charge in [0.1, 0.15) is 12.4 Å². The first kappa shape index (κ1) is 40.2. The molecule has 0 saturated heterocycles. The van der Waals surface area contributed by atoms with E-state index in [0.717, 1.165) is 0 Å². The van der Waals surface area contributed by atoms with Crippen molar-refractivity contribution in [1.29, 1.82) is 0 Å². The number of rotatable bonds is 34. The number of aromatic amines is 1. The molecule has 0 spiro atoms. The number of hydrogen-bond donors (Lipinski definition) is 1. The molecule has 0 radical (unpaired) electrons. The third kappa shape index (κ3) is 23.2. The van der Waals surface area contributed by atoms with Gasteiger partial charge in [-0.3, -0.25) is 0 Å². The average molecular weight is 602 g/mol. The van der Waals surface area contributed by atoms with Gasteiger partial charge in [0.25, 0.3) is 5.82 Å². The van der Waals surface area contributed by atoms with Crippen LogP contribution >= 0.6 is 0 Å². The van der Waals surface area contributed by atoms with Crippen molar-refractivity contribution in [2.45, 2.75) is 245 Å². The smallest absolute Gasteiger partial charge is 0.247 e. The Labute approximate surface area is 272 Å². The van der Waals surface area contributed by atoms with Crippen molar-refractivity contribution in [3.63, 3.8) is 0 Å². The lowest BCUT2D eigenvalue weighted by Gasteiger charge is -2.17. The summed E-state index contributed by atoms with van der Waals surface area (Å²) in [6, 6.07) is 0.620. The van der Waals surface area contributed by atoms with Gasteiger partial charge in [-0.15, -0.1) is 0 Å². The van der Waals surface area contributed by atoms with Gasteiger partial charge in [0.15, 0.2) is 0 Å². The summed E-state index contributed by atoms with van der Waals surface area (Å²) in [5.41, 5.74) is 0. The van der Waals surface area contributed by atoms with Crippen molar-refractivity contribution in [2.24, 2.45) is 0 Å². The van der Waals surface area contributed by atoms with Gasteiger partial charge in [-0.1, -0.05) is 201 Å². The van der Waals surface area contributed by atoms with Crippen LogP contribution in [0.5, 0.6) is 0 Å². The number of nitrogens with one attached hydrogen (secondary N) is 1. The maximum Gasteiger partial charge on any atom is 0.257 e. The van der Waals surface area contributed by atoms with Crippen LogP contribution in [0.1, 0.15) is 251 Å². The van der Waals surface area contributed by atoms with Crippen molar-refractivity contribution >= 4 is 0 Å². The highest BCUT2D eigenvalue weighted by Gasteiger charge is 2.25. The van der Waals surface area contributed by atoms with Crippen LogP contribution in [0.25, 0.3) is 0 Å². The van der Waals surface area contributed by atoms with Crippen LogP contribution in [-0.2, 0) is 0 Å². The monoisotopic (exact) mass is 602 g/mol. The number of imidazole rings is 1. The zero-order valence-electron chi connectivity index (χ0n) is 30.4. The Morgan fingerprint density at radius 1 is 0.442 bits per heavy atom. The summed E-state index contributed by atoms with van der Waals surface area (Å²) in [5, 5.41) is 0. The van der Waals surface area contributed by atoms with Crippen LogP contribution < -0.4 is 4.57 Å². The summed E-state index contributed by atoms with van der Waals surface area (Å²) in [4.78, 5) is 3.73. The summed E-state index contributed by atoms with van der Waals surface area (Å²) in [5.74, 6) is 2.24. The van der Waals surface area contributed by atoms with Gasteiger partial charge in [-0.25, -0.2) is 9.55 Å². The van der Waals surface area contributed by atoms with Gasteiger partial charge in [0, 0.05) is 0 Å². The van der Waals surface area contributed by atoms with Gasteiger partial charge in [0.2, 0.25) is 0 Å². The van der Waals surface area contributed by atoms with Crippen LogP contribution in [0.4, 0.5) is 0 Å². The third-order valence-corrected chi connectivity index (χ3v) is 10.1. The maximum atomic E-state index is 3.73. The first-order chi connectivity index (χ1) is 21.2. The summed E-state index contributed by atoms with van der Waals surface area (Å²) in [6.45, 7) is 9.41. The second-order valence-corrected chi connectivity index (χ2v) is 14.4. The molecule has 1 heterocycles. The molecule has 0 aliphatic carbocycles. The fourth-order valence-corrected chi connectivity index (χ4v) is 7.13. The summed E-state index contributed by atoms with van der Waals surface area (Å²) in [6.07, 6.45) is 50.2. The fourth-order valence-electron chi connectivity index (χ4n) is 7.13. The van der Waals surface area contributed by atoms with Gasteiger partial charge >= 0.3 is 0 Å². The molecule has 2 unspecified atom stereocenters. The van der Waals surface area contributed by atoms with E-state index in [9.17, 15) is 0 Å². The fraction of sp³-hybridized carbons (Fsp3) is 0.927. The molecule has 0 amide bonds.